The SMILES string of the molecule is CC(C)C(NC(=O)CN(C)Cc1cnn(C)c1)c1ccccc1. The molecule has 23 heavy (non-hydrogen) atoms. The molecule has 0 aliphatic heterocycles. The standard InChI is InChI=1S/C18H26N4O/c1-14(2)18(16-8-6-5-7-9-16)20-17(23)13-21(3)11-15-10-19-22(4)12-15/h5-10,12,14,18H,11,13H2,1-4H3,(H,20,23). The zero-order valence-corrected chi connectivity index (χ0v) is 14.4. The Balaban J connectivity index is 1.91. The van der Waals surface area contributed by atoms with E-state index in [0.717, 1.165) is 11.1 Å². The lowest BCUT2D eigenvalue weighted by Crippen LogP contribution is -2.38. The van der Waals surface area contributed by atoms with E-state index in [2.05, 4.69) is 36.4 Å². The number of hydrogen-bond acceptors (Lipinski definition) is 3. The van der Waals surface area contributed by atoms with E-state index in [1.165, 1.54) is 0 Å². The Hall–Kier alpha value is -2.14. The van der Waals surface area contributed by atoms with Gasteiger partial charge in [0.25, 0.3) is 0 Å². The predicted molar refractivity (Wildman–Crippen MR) is 91.7 cm³/mol. The summed E-state index contributed by atoms with van der Waals surface area (Å²) in [6.45, 7) is 5.32. The molecular weight excluding hydrogens is 288 g/mol. The minimum absolute atomic E-state index is 0.0375. The summed E-state index contributed by atoms with van der Waals surface area (Å²) in [7, 11) is 3.84. The number of amides is 1. The summed E-state index contributed by atoms with van der Waals surface area (Å²) < 4.78 is 1.77. The molecule has 0 bridgehead atoms. The Morgan fingerprint density at radius 2 is 2.00 bits per heavy atom. The highest BCUT2D eigenvalue weighted by Gasteiger charge is 2.18. The lowest BCUT2D eigenvalue weighted by Gasteiger charge is -2.24. The molecule has 1 aromatic carbocycles. The van der Waals surface area contributed by atoms with Crippen LogP contribution >= 0.6 is 0 Å². The largest absolute Gasteiger partial charge is 0.348 e. The van der Waals surface area contributed by atoms with Gasteiger partial charge in [-0.05, 0) is 18.5 Å². The summed E-state index contributed by atoms with van der Waals surface area (Å²) in [4.78, 5) is 14.4. The van der Waals surface area contributed by atoms with Crippen LogP contribution in [0.5, 0.6) is 0 Å². The van der Waals surface area contributed by atoms with E-state index in [4.69, 9.17) is 0 Å². The molecule has 124 valence electrons. The number of hydrogen-bond donors (Lipinski definition) is 1. The van der Waals surface area contributed by atoms with Gasteiger partial charge in [0.2, 0.25) is 5.91 Å². The first-order valence-corrected chi connectivity index (χ1v) is 7.96. The van der Waals surface area contributed by atoms with Gasteiger partial charge in [0.05, 0.1) is 18.8 Å². The van der Waals surface area contributed by atoms with Crippen LogP contribution in [0, 0.1) is 5.92 Å². The molecule has 1 aromatic heterocycles. The van der Waals surface area contributed by atoms with Crippen LogP contribution in [0.1, 0.15) is 31.0 Å². The first-order chi connectivity index (χ1) is 11.0. The second-order valence-corrected chi connectivity index (χ2v) is 6.39. The van der Waals surface area contributed by atoms with Crippen molar-refractivity contribution < 1.29 is 4.79 Å². The fourth-order valence-corrected chi connectivity index (χ4v) is 2.68. The molecule has 2 aromatic rings. The normalized spacial score (nSPS) is 12.6. The van der Waals surface area contributed by atoms with Crippen LogP contribution < -0.4 is 5.32 Å². The van der Waals surface area contributed by atoms with Crippen LogP contribution in [0.2, 0.25) is 0 Å². The maximum Gasteiger partial charge on any atom is 0.234 e. The Morgan fingerprint density at radius 3 is 2.57 bits per heavy atom. The Labute approximate surface area is 138 Å². The maximum absolute atomic E-state index is 12.4. The lowest BCUT2D eigenvalue weighted by molar-refractivity contribution is -0.123. The van der Waals surface area contributed by atoms with Crippen molar-refractivity contribution in [2.45, 2.75) is 26.4 Å². The number of nitrogens with one attached hydrogen (secondary N) is 1. The number of benzene rings is 1. The molecule has 1 heterocycles. The van der Waals surface area contributed by atoms with Gasteiger partial charge in [-0.1, -0.05) is 44.2 Å². The van der Waals surface area contributed by atoms with Crippen molar-refractivity contribution in [3.05, 3.63) is 53.9 Å². The number of nitrogens with zero attached hydrogens (tertiary/aromatic N) is 3. The minimum atomic E-state index is 0.0375. The van der Waals surface area contributed by atoms with Crippen molar-refractivity contribution >= 4 is 5.91 Å². The molecule has 2 rings (SSSR count). The van der Waals surface area contributed by atoms with Gasteiger partial charge in [-0.15, -0.1) is 0 Å². The third kappa shape index (κ3) is 5.21. The quantitative estimate of drug-likeness (QED) is 0.853. The van der Waals surface area contributed by atoms with Crippen molar-refractivity contribution in [3.8, 4) is 0 Å². The number of aryl methyl sites for hydroxylation is 1. The number of likely N-dealkylation sites (N-methyl/N-ethyl adjacent to an activating group) is 1. The first kappa shape index (κ1) is 17.2. The predicted octanol–water partition coefficient (Wildman–Crippen LogP) is 2.37. The molecular formula is C18H26N4O. The highest BCUT2D eigenvalue weighted by atomic mass is 16.2. The monoisotopic (exact) mass is 314 g/mol. The van der Waals surface area contributed by atoms with Gasteiger partial charge in [-0.3, -0.25) is 14.4 Å². The highest BCUT2D eigenvalue weighted by Crippen LogP contribution is 2.21. The van der Waals surface area contributed by atoms with Gasteiger partial charge < -0.3 is 5.32 Å². The number of rotatable bonds is 7. The average molecular weight is 314 g/mol. The summed E-state index contributed by atoms with van der Waals surface area (Å²) in [6, 6.07) is 10.2. The van der Waals surface area contributed by atoms with Crippen LogP contribution in [0.25, 0.3) is 0 Å². The second-order valence-electron chi connectivity index (χ2n) is 6.39. The molecule has 5 heteroatoms. The molecule has 5 nitrogen and oxygen atoms in total. The summed E-state index contributed by atoms with van der Waals surface area (Å²) >= 11 is 0. The van der Waals surface area contributed by atoms with E-state index in [1.54, 1.807) is 4.68 Å². The van der Waals surface area contributed by atoms with Crippen molar-refractivity contribution in [1.29, 1.82) is 0 Å². The third-order valence-electron chi connectivity index (χ3n) is 3.77. The van der Waals surface area contributed by atoms with Crippen LogP contribution in [0.15, 0.2) is 42.7 Å². The van der Waals surface area contributed by atoms with E-state index in [-0.39, 0.29) is 11.9 Å². The smallest absolute Gasteiger partial charge is 0.234 e. The zero-order chi connectivity index (χ0) is 16.8. The lowest BCUT2D eigenvalue weighted by atomic mass is 9.96. The number of carbonyl (C=O) groups is 1. The van der Waals surface area contributed by atoms with Gasteiger partial charge in [-0.25, -0.2) is 0 Å². The van der Waals surface area contributed by atoms with Gasteiger partial charge in [-0.2, -0.15) is 5.10 Å². The summed E-state index contributed by atoms with van der Waals surface area (Å²) in [5, 5.41) is 7.30. The van der Waals surface area contributed by atoms with Gasteiger partial charge >= 0.3 is 0 Å². The topological polar surface area (TPSA) is 50.2 Å². The van der Waals surface area contributed by atoms with E-state index in [0.29, 0.717) is 19.0 Å². The van der Waals surface area contributed by atoms with Crippen LogP contribution in [-0.4, -0.2) is 34.2 Å². The van der Waals surface area contributed by atoms with Crippen LogP contribution in [0.3, 0.4) is 0 Å². The summed E-state index contributed by atoms with van der Waals surface area (Å²) in [5.41, 5.74) is 2.25. The second kappa shape index (κ2) is 7.92. The van der Waals surface area contributed by atoms with Crippen molar-refractivity contribution in [3.63, 3.8) is 0 Å². The highest BCUT2D eigenvalue weighted by molar-refractivity contribution is 5.78. The Kier molecular flexibility index (Phi) is 5.93. The van der Waals surface area contributed by atoms with Gasteiger partial charge in [0, 0.05) is 25.4 Å². The van der Waals surface area contributed by atoms with Crippen molar-refractivity contribution in [2.24, 2.45) is 13.0 Å². The van der Waals surface area contributed by atoms with E-state index >= 15 is 0 Å². The number of aromatic nitrogens is 2. The molecule has 0 aliphatic carbocycles. The molecule has 0 saturated carbocycles. The third-order valence-corrected chi connectivity index (χ3v) is 3.77. The zero-order valence-electron chi connectivity index (χ0n) is 14.4. The van der Waals surface area contributed by atoms with Crippen LogP contribution in [-0.2, 0) is 18.4 Å². The summed E-state index contributed by atoms with van der Waals surface area (Å²) in [5.74, 6) is 0.379. The van der Waals surface area contributed by atoms with Gasteiger partial charge in [0.1, 0.15) is 0 Å². The fourth-order valence-electron chi connectivity index (χ4n) is 2.68. The molecule has 1 amide bonds. The van der Waals surface area contributed by atoms with E-state index in [1.807, 2.05) is 49.6 Å². The van der Waals surface area contributed by atoms with E-state index in [9.17, 15) is 4.79 Å². The van der Waals surface area contributed by atoms with Crippen molar-refractivity contribution in [2.75, 3.05) is 13.6 Å². The maximum atomic E-state index is 12.4. The Bertz CT molecular complexity index is 621. The minimum Gasteiger partial charge on any atom is -0.348 e. The molecule has 1 atom stereocenters. The van der Waals surface area contributed by atoms with E-state index < -0.39 is 0 Å². The number of carbonyl (C=O) groups excluding carboxylic acids is 1. The molecule has 1 unspecified atom stereocenters. The average Bonchev–Trinajstić information content (AvgIpc) is 2.90. The molecule has 0 saturated heterocycles. The molecule has 1 N–H and O–H groups in total. The molecule has 0 aliphatic rings. The summed E-state index contributed by atoms with van der Waals surface area (Å²) in [6.07, 6.45) is 3.80. The molecule has 0 fully saturated rings. The van der Waals surface area contributed by atoms with Crippen molar-refractivity contribution in [1.82, 2.24) is 20.0 Å². The molecule has 0 spiro atoms. The fraction of sp³-hybridized carbons (Fsp3) is 0.444. The Morgan fingerprint density at radius 1 is 1.30 bits per heavy atom. The molecule has 0 radical (unpaired) electrons. The first-order valence-electron chi connectivity index (χ1n) is 7.96. The van der Waals surface area contributed by atoms with Crippen LogP contribution in [0.4, 0.5) is 0 Å². The van der Waals surface area contributed by atoms with Gasteiger partial charge in [0.15, 0.2) is 0 Å².